The van der Waals surface area contributed by atoms with E-state index in [-0.39, 0.29) is 12.4 Å². The Morgan fingerprint density at radius 1 is 1.32 bits per heavy atom. The SMILES string of the molecule is CCOC(=O)Cc1nc(-c2ccccc2)nc2c1CC(C)S2. The van der Waals surface area contributed by atoms with E-state index < -0.39 is 0 Å². The second-order valence-electron chi connectivity index (χ2n) is 5.26. The monoisotopic (exact) mass is 314 g/mol. The van der Waals surface area contributed by atoms with E-state index in [9.17, 15) is 4.79 Å². The van der Waals surface area contributed by atoms with Crippen LogP contribution in [-0.2, 0) is 22.4 Å². The fourth-order valence-corrected chi connectivity index (χ4v) is 3.65. The van der Waals surface area contributed by atoms with E-state index in [0.29, 0.717) is 17.7 Å². The number of nitrogens with zero attached hydrogens (tertiary/aromatic N) is 2. The van der Waals surface area contributed by atoms with Gasteiger partial charge in [-0.2, -0.15) is 0 Å². The van der Waals surface area contributed by atoms with Crippen LogP contribution in [0.15, 0.2) is 35.4 Å². The van der Waals surface area contributed by atoms with Crippen LogP contribution in [0.5, 0.6) is 0 Å². The van der Waals surface area contributed by atoms with E-state index in [1.165, 1.54) is 0 Å². The Morgan fingerprint density at radius 3 is 2.82 bits per heavy atom. The normalized spacial score (nSPS) is 16.4. The molecule has 3 rings (SSSR count). The van der Waals surface area contributed by atoms with Gasteiger partial charge in [0.15, 0.2) is 5.82 Å². The second kappa shape index (κ2) is 6.48. The molecule has 4 nitrogen and oxygen atoms in total. The number of esters is 1. The summed E-state index contributed by atoms with van der Waals surface area (Å²) in [6.45, 7) is 4.38. The molecule has 5 heteroatoms. The predicted molar refractivity (Wildman–Crippen MR) is 86.8 cm³/mol. The van der Waals surface area contributed by atoms with Crippen molar-refractivity contribution in [2.45, 2.75) is 37.0 Å². The summed E-state index contributed by atoms with van der Waals surface area (Å²) in [6, 6.07) is 9.87. The molecule has 2 aromatic rings. The topological polar surface area (TPSA) is 52.1 Å². The largest absolute Gasteiger partial charge is 0.466 e. The molecule has 0 saturated heterocycles. The molecule has 1 aromatic heterocycles. The summed E-state index contributed by atoms with van der Waals surface area (Å²) < 4.78 is 5.07. The molecule has 0 amide bonds. The Kier molecular flexibility index (Phi) is 4.43. The molecule has 1 aliphatic rings. The number of carbonyl (C=O) groups is 1. The van der Waals surface area contributed by atoms with E-state index in [2.05, 4.69) is 16.9 Å². The number of thioether (sulfide) groups is 1. The lowest BCUT2D eigenvalue weighted by Gasteiger charge is -2.09. The van der Waals surface area contributed by atoms with Crippen molar-refractivity contribution in [1.29, 1.82) is 0 Å². The van der Waals surface area contributed by atoms with E-state index in [0.717, 1.165) is 28.3 Å². The Balaban J connectivity index is 2.00. The number of rotatable bonds is 4. The van der Waals surface area contributed by atoms with Crippen LogP contribution in [0.25, 0.3) is 11.4 Å². The summed E-state index contributed by atoms with van der Waals surface area (Å²) in [5.41, 5.74) is 2.87. The zero-order valence-electron chi connectivity index (χ0n) is 12.7. The van der Waals surface area contributed by atoms with Gasteiger partial charge in [0.2, 0.25) is 0 Å². The second-order valence-corrected chi connectivity index (χ2v) is 6.69. The molecule has 22 heavy (non-hydrogen) atoms. The van der Waals surface area contributed by atoms with Crippen LogP contribution < -0.4 is 0 Å². The zero-order chi connectivity index (χ0) is 15.5. The summed E-state index contributed by atoms with van der Waals surface area (Å²) in [5.74, 6) is 0.451. The summed E-state index contributed by atoms with van der Waals surface area (Å²) in [7, 11) is 0. The third-order valence-electron chi connectivity index (χ3n) is 3.51. The number of fused-ring (bicyclic) bond motifs is 1. The molecule has 1 unspecified atom stereocenters. The summed E-state index contributed by atoms with van der Waals surface area (Å²) in [4.78, 5) is 21.2. The molecular formula is C17H18N2O2S. The Bertz CT molecular complexity index is 689. The maximum absolute atomic E-state index is 11.9. The highest BCUT2D eigenvalue weighted by molar-refractivity contribution is 8.00. The molecule has 0 radical (unpaired) electrons. The number of hydrogen-bond donors (Lipinski definition) is 0. The van der Waals surface area contributed by atoms with Gasteiger partial charge < -0.3 is 4.74 Å². The van der Waals surface area contributed by atoms with E-state index >= 15 is 0 Å². The smallest absolute Gasteiger partial charge is 0.311 e. The minimum absolute atomic E-state index is 0.214. The summed E-state index contributed by atoms with van der Waals surface area (Å²) in [6.07, 6.45) is 1.12. The molecule has 2 heterocycles. The lowest BCUT2D eigenvalue weighted by Crippen LogP contribution is -2.12. The first-order valence-electron chi connectivity index (χ1n) is 7.45. The van der Waals surface area contributed by atoms with Gasteiger partial charge in [0.25, 0.3) is 0 Å². The van der Waals surface area contributed by atoms with Crippen LogP contribution in [0.2, 0.25) is 0 Å². The lowest BCUT2D eigenvalue weighted by atomic mass is 10.1. The first kappa shape index (κ1) is 15.0. The molecule has 0 bridgehead atoms. The van der Waals surface area contributed by atoms with Crippen LogP contribution >= 0.6 is 11.8 Å². The van der Waals surface area contributed by atoms with Crippen molar-refractivity contribution >= 4 is 17.7 Å². The number of ether oxygens (including phenoxy) is 1. The van der Waals surface area contributed by atoms with Crippen molar-refractivity contribution in [3.63, 3.8) is 0 Å². The van der Waals surface area contributed by atoms with Gasteiger partial charge in [-0.3, -0.25) is 4.79 Å². The molecule has 0 fully saturated rings. The molecule has 114 valence electrons. The highest BCUT2D eigenvalue weighted by Gasteiger charge is 2.26. The van der Waals surface area contributed by atoms with Crippen molar-refractivity contribution < 1.29 is 9.53 Å². The van der Waals surface area contributed by atoms with Gasteiger partial charge in [0.1, 0.15) is 5.03 Å². The highest BCUT2D eigenvalue weighted by atomic mass is 32.2. The molecule has 1 aliphatic heterocycles. The average molecular weight is 314 g/mol. The number of benzene rings is 1. The maximum atomic E-state index is 11.9. The van der Waals surface area contributed by atoms with Crippen LogP contribution in [0.1, 0.15) is 25.1 Å². The van der Waals surface area contributed by atoms with Crippen LogP contribution in [0, 0.1) is 0 Å². The molecule has 1 aromatic carbocycles. The van der Waals surface area contributed by atoms with Gasteiger partial charge in [-0.05, 0) is 13.3 Å². The Hall–Kier alpha value is -1.88. The number of aromatic nitrogens is 2. The first-order valence-corrected chi connectivity index (χ1v) is 8.32. The molecule has 0 saturated carbocycles. The predicted octanol–water partition coefficient (Wildman–Crippen LogP) is 3.29. The summed E-state index contributed by atoms with van der Waals surface area (Å²) in [5, 5.41) is 1.47. The Morgan fingerprint density at radius 2 is 2.09 bits per heavy atom. The van der Waals surface area contributed by atoms with Gasteiger partial charge in [-0.1, -0.05) is 37.3 Å². The van der Waals surface area contributed by atoms with Crippen LogP contribution in [0.4, 0.5) is 0 Å². The first-order chi connectivity index (χ1) is 10.7. The van der Waals surface area contributed by atoms with Gasteiger partial charge >= 0.3 is 5.97 Å². The quantitative estimate of drug-likeness (QED) is 0.640. The number of carbonyl (C=O) groups excluding carboxylic acids is 1. The van der Waals surface area contributed by atoms with Crippen LogP contribution in [-0.4, -0.2) is 27.8 Å². The van der Waals surface area contributed by atoms with E-state index in [1.54, 1.807) is 11.8 Å². The zero-order valence-corrected chi connectivity index (χ0v) is 13.5. The minimum Gasteiger partial charge on any atom is -0.466 e. The lowest BCUT2D eigenvalue weighted by molar-refractivity contribution is -0.142. The fraction of sp³-hybridized carbons (Fsp3) is 0.353. The van der Waals surface area contributed by atoms with Crippen molar-refractivity contribution in [2.75, 3.05) is 6.61 Å². The molecule has 0 aliphatic carbocycles. The highest BCUT2D eigenvalue weighted by Crippen LogP contribution is 2.38. The van der Waals surface area contributed by atoms with Gasteiger partial charge in [-0.15, -0.1) is 11.8 Å². The summed E-state index contributed by atoms with van der Waals surface area (Å²) >= 11 is 1.75. The fourth-order valence-electron chi connectivity index (χ4n) is 2.54. The van der Waals surface area contributed by atoms with Crippen molar-refractivity contribution in [3.8, 4) is 11.4 Å². The maximum Gasteiger partial charge on any atom is 0.311 e. The van der Waals surface area contributed by atoms with Gasteiger partial charge in [-0.25, -0.2) is 9.97 Å². The van der Waals surface area contributed by atoms with Gasteiger partial charge in [0, 0.05) is 16.4 Å². The number of hydrogen-bond acceptors (Lipinski definition) is 5. The molecule has 0 N–H and O–H groups in total. The van der Waals surface area contributed by atoms with E-state index in [1.807, 2.05) is 37.3 Å². The van der Waals surface area contributed by atoms with Crippen LogP contribution in [0.3, 0.4) is 0 Å². The molecule has 1 atom stereocenters. The Labute approximate surface area is 134 Å². The van der Waals surface area contributed by atoms with Gasteiger partial charge in [0.05, 0.1) is 18.7 Å². The third kappa shape index (κ3) is 3.14. The average Bonchev–Trinajstić information content (AvgIpc) is 2.89. The molecular weight excluding hydrogens is 296 g/mol. The molecule has 0 spiro atoms. The minimum atomic E-state index is -0.230. The van der Waals surface area contributed by atoms with Crippen molar-refractivity contribution in [1.82, 2.24) is 9.97 Å². The third-order valence-corrected chi connectivity index (χ3v) is 4.64. The standard InChI is InChI=1S/C17H18N2O2S/c1-3-21-15(20)10-14-13-9-11(2)22-17(13)19-16(18-14)12-7-5-4-6-8-12/h4-8,11H,3,9-10H2,1-2H3. The van der Waals surface area contributed by atoms with Crippen molar-refractivity contribution in [2.24, 2.45) is 0 Å². The van der Waals surface area contributed by atoms with Crippen molar-refractivity contribution in [3.05, 3.63) is 41.6 Å². The van der Waals surface area contributed by atoms with E-state index in [4.69, 9.17) is 4.74 Å².